The van der Waals surface area contributed by atoms with Gasteiger partial charge in [0.05, 0.1) is 11.0 Å². The molecule has 0 fully saturated rings. The molecule has 0 atom stereocenters. The van der Waals surface area contributed by atoms with Gasteiger partial charge >= 0.3 is 0 Å². The number of nitrogens with zero attached hydrogens (tertiary/aromatic N) is 3. The Hall–Kier alpha value is -2.41. The van der Waals surface area contributed by atoms with Crippen molar-refractivity contribution >= 4 is 39.4 Å². The molecule has 0 aliphatic rings. The third-order valence-corrected chi connectivity index (χ3v) is 3.35. The van der Waals surface area contributed by atoms with Crippen LogP contribution in [-0.4, -0.2) is 20.4 Å². The van der Waals surface area contributed by atoms with Gasteiger partial charge in [0, 0.05) is 11.6 Å². The summed E-state index contributed by atoms with van der Waals surface area (Å²) in [6, 6.07) is 7.52. The number of amides is 1. The fourth-order valence-electron chi connectivity index (χ4n) is 1.85. The van der Waals surface area contributed by atoms with E-state index in [1.807, 2.05) is 24.3 Å². The molecule has 0 saturated carbocycles. The first kappa shape index (κ1) is 11.7. The molecule has 3 aromatic rings. The van der Waals surface area contributed by atoms with Gasteiger partial charge in [0.25, 0.3) is 0 Å². The quantitative estimate of drug-likeness (QED) is 0.760. The van der Waals surface area contributed by atoms with Crippen LogP contribution in [0.1, 0.15) is 0 Å². The van der Waals surface area contributed by atoms with E-state index >= 15 is 0 Å². The van der Waals surface area contributed by atoms with Crippen molar-refractivity contribution in [3.63, 3.8) is 0 Å². The number of carbonyl (C=O) groups excluding carboxylic acids is 1. The Kier molecular flexibility index (Phi) is 2.88. The number of anilines is 2. The van der Waals surface area contributed by atoms with Gasteiger partial charge in [-0.05, 0) is 12.1 Å². The number of aromatic nitrogens is 3. The predicted molar refractivity (Wildman–Crippen MR) is 74.9 cm³/mol. The molecule has 3 rings (SSSR count). The second-order valence-electron chi connectivity index (χ2n) is 3.93. The topological polar surface area (TPSA) is 85.8 Å². The summed E-state index contributed by atoms with van der Waals surface area (Å²) in [5, 5.41) is 5.10. The van der Waals surface area contributed by atoms with E-state index in [2.05, 4.69) is 15.3 Å². The van der Waals surface area contributed by atoms with Crippen LogP contribution in [0.5, 0.6) is 0 Å². The van der Waals surface area contributed by atoms with Crippen molar-refractivity contribution in [2.45, 2.75) is 6.54 Å². The van der Waals surface area contributed by atoms with E-state index in [1.54, 1.807) is 16.1 Å². The average Bonchev–Trinajstić information content (AvgIpc) is 2.99. The van der Waals surface area contributed by atoms with E-state index < -0.39 is 0 Å². The van der Waals surface area contributed by atoms with E-state index in [9.17, 15) is 4.79 Å². The van der Waals surface area contributed by atoms with E-state index in [0.717, 1.165) is 11.0 Å². The number of hydrogen-bond acceptors (Lipinski definition) is 5. The van der Waals surface area contributed by atoms with Gasteiger partial charge < -0.3 is 15.6 Å². The second kappa shape index (κ2) is 4.69. The minimum Gasteiger partial charge on any atom is -0.369 e. The largest absolute Gasteiger partial charge is 0.369 e. The van der Waals surface area contributed by atoms with E-state index in [-0.39, 0.29) is 12.5 Å². The highest BCUT2D eigenvalue weighted by molar-refractivity contribution is 7.13. The van der Waals surface area contributed by atoms with Crippen molar-refractivity contribution in [2.75, 3.05) is 11.1 Å². The van der Waals surface area contributed by atoms with Gasteiger partial charge in [-0.1, -0.05) is 12.1 Å². The maximum atomic E-state index is 11.9. The molecule has 3 N–H and O–H groups in total. The fraction of sp³-hybridized carbons (Fsp3) is 0.0833. The van der Waals surface area contributed by atoms with E-state index in [0.29, 0.717) is 11.1 Å². The summed E-state index contributed by atoms with van der Waals surface area (Å²) >= 11 is 1.37. The highest BCUT2D eigenvalue weighted by atomic mass is 32.1. The molecule has 2 aromatic heterocycles. The van der Waals surface area contributed by atoms with Crippen LogP contribution in [0, 0.1) is 0 Å². The molecule has 96 valence electrons. The molecule has 6 nitrogen and oxygen atoms in total. The molecule has 0 saturated heterocycles. The molecule has 0 spiro atoms. The number of nitrogens with two attached hydrogens (primary N) is 1. The molecule has 7 heteroatoms. The van der Waals surface area contributed by atoms with Gasteiger partial charge in [-0.15, -0.1) is 11.3 Å². The minimum absolute atomic E-state index is 0.117. The molecular weight excluding hydrogens is 262 g/mol. The smallest absolute Gasteiger partial charge is 0.246 e. The molecule has 19 heavy (non-hydrogen) atoms. The van der Waals surface area contributed by atoms with Gasteiger partial charge in [-0.25, -0.2) is 9.97 Å². The van der Waals surface area contributed by atoms with Gasteiger partial charge in [-0.3, -0.25) is 4.79 Å². The van der Waals surface area contributed by atoms with Crippen LogP contribution in [0.25, 0.3) is 11.0 Å². The molecule has 0 unspecified atom stereocenters. The zero-order chi connectivity index (χ0) is 13.2. The van der Waals surface area contributed by atoms with Crippen molar-refractivity contribution in [1.82, 2.24) is 14.5 Å². The number of nitrogens with one attached hydrogen (secondary N) is 1. The van der Waals surface area contributed by atoms with Gasteiger partial charge in [0.15, 0.2) is 5.13 Å². The lowest BCUT2D eigenvalue weighted by atomic mass is 10.3. The lowest BCUT2D eigenvalue weighted by molar-refractivity contribution is -0.116. The average molecular weight is 273 g/mol. The van der Waals surface area contributed by atoms with E-state index in [1.165, 1.54) is 11.3 Å². The summed E-state index contributed by atoms with van der Waals surface area (Å²) in [6.07, 6.45) is 1.64. The molecule has 2 heterocycles. The fourth-order valence-corrected chi connectivity index (χ4v) is 2.39. The molecule has 0 aliphatic heterocycles. The molecule has 1 aromatic carbocycles. The van der Waals surface area contributed by atoms with E-state index in [4.69, 9.17) is 5.73 Å². The highest BCUT2D eigenvalue weighted by Crippen LogP contribution is 2.17. The molecule has 1 amide bonds. The van der Waals surface area contributed by atoms with Crippen molar-refractivity contribution in [3.8, 4) is 0 Å². The highest BCUT2D eigenvalue weighted by Gasteiger charge is 2.11. The molecule has 0 aliphatic carbocycles. The number of rotatable bonds is 3. The Morgan fingerprint density at radius 1 is 1.42 bits per heavy atom. The number of benzene rings is 1. The summed E-state index contributed by atoms with van der Waals surface area (Å²) in [5.74, 6) is 0.153. The number of carbonyl (C=O) groups is 1. The Labute approximate surface area is 112 Å². The maximum Gasteiger partial charge on any atom is 0.246 e. The first-order chi connectivity index (χ1) is 9.24. The zero-order valence-electron chi connectivity index (χ0n) is 9.91. The Balaban J connectivity index is 1.85. The first-order valence-electron chi connectivity index (χ1n) is 5.64. The standard InChI is InChI=1S/C12H11N5OS/c13-11-15-8-3-1-2-4-9(8)17(11)7-10(18)16-12-14-5-6-19-12/h1-6H,7H2,(H2,13,15)(H,14,16,18). The number of imidazole rings is 1. The summed E-state index contributed by atoms with van der Waals surface area (Å²) in [6.45, 7) is 0.117. The van der Waals surface area contributed by atoms with Crippen molar-refractivity contribution in [1.29, 1.82) is 0 Å². The third kappa shape index (κ3) is 2.27. The predicted octanol–water partition coefficient (Wildman–Crippen LogP) is 1.71. The van der Waals surface area contributed by atoms with Crippen LogP contribution >= 0.6 is 11.3 Å². The molecular formula is C12H11N5OS. The molecule has 0 bridgehead atoms. The van der Waals surface area contributed by atoms with Crippen LogP contribution in [0.15, 0.2) is 35.8 Å². The lowest BCUT2D eigenvalue weighted by Crippen LogP contribution is -2.19. The normalized spacial score (nSPS) is 10.7. The second-order valence-corrected chi connectivity index (χ2v) is 4.82. The first-order valence-corrected chi connectivity index (χ1v) is 6.52. The van der Waals surface area contributed by atoms with Crippen LogP contribution in [0.4, 0.5) is 11.1 Å². The summed E-state index contributed by atoms with van der Waals surface area (Å²) in [4.78, 5) is 20.1. The molecule has 0 radical (unpaired) electrons. The third-order valence-electron chi connectivity index (χ3n) is 2.66. The summed E-state index contributed by atoms with van der Waals surface area (Å²) < 4.78 is 1.68. The van der Waals surface area contributed by atoms with Gasteiger partial charge in [-0.2, -0.15) is 0 Å². The van der Waals surface area contributed by atoms with Crippen molar-refractivity contribution in [2.24, 2.45) is 0 Å². The van der Waals surface area contributed by atoms with Crippen LogP contribution in [0.2, 0.25) is 0 Å². The zero-order valence-corrected chi connectivity index (χ0v) is 10.7. The van der Waals surface area contributed by atoms with Gasteiger partial charge in [0.2, 0.25) is 11.9 Å². The minimum atomic E-state index is -0.176. The monoisotopic (exact) mass is 273 g/mol. The van der Waals surface area contributed by atoms with Gasteiger partial charge in [0.1, 0.15) is 6.54 Å². The SMILES string of the molecule is Nc1nc2ccccc2n1CC(=O)Nc1nccs1. The summed E-state index contributed by atoms with van der Waals surface area (Å²) in [7, 11) is 0. The number of thiazole rings is 1. The van der Waals surface area contributed by atoms with Crippen LogP contribution < -0.4 is 11.1 Å². The van der Waals surface area contributed by atoms with Crippen LogP contribution in [-0.2, 0) is 11.3 Å². The number of fused-ring (bicyclic) bond motifs is 1. The van der Waals surface area contributed by atoms with Crippen molar-refractivity contribution < 1.29 is 4.79 Å². The summed E-state index contributed by atoms with van der Waals surface area (Å²) in [5.41, 5.74) is 7.46. The number of para-hydroxylation sites is 2. The Morgan fingerprint density at radius 3 is 3.05 bits per heavy atom. The number of nitrogen functional groups attached to an aromatic ring is 1. The lowest BCUT2D eigenvalue weighted by Gasteiger charge is -2.05. The maximum absolute atomic E-state index is 11.9. The Morgan fingerprint density at radius 2 is 2.26 bits per heavy atom. The number of hydrogen-bond donors (Lipinski definition) is 2. The van der Waals surface area contributed by atoms with Crippen LogP contribution in [0.3, 0.4) is 0 Å². The Bertz CT molecular complexity index is 719. The van der Waals surface area contributed by atoms with Crippen molar-refractivity contribution in [3.05, 3.63) is 35.8 Å².